The second-order valence-electron chi connectivity index (χ2n) is 4.56. The molecule has 1 N–H and O–H groups in total. The van der Waals surface area contributed by atoms with E-state index in [1.54, 1.807) is 0 Å². The van der Waals surface area contributed by atoms with E-state index in [0.717, 1.165) is 48.7 Å². The number of nitrogens with zero attached hydrogens (tertiary/aromatic N) is 1. The van der Waals surface area contributed by atoms with Gasteiger partial charge in [0.05, 0.1) is 12.7 Å². The average Bonchev–Trinajstić information content (AvgIpc) is 2.91. The zero-order valence-corrected chi connectivity index (χ0v) is 11.8. The van der Waals surface area contributed by atoms with Crippen molar-refractivity contribution in [1.29, 1.82) is 5.26 Å². The fourth-order valence-electron chi connectivity index (χ4n) is 1.99. The molecule has 0 aromatic heterocycles. The molecular weight excluding hydrogens is 256 g/mol. The van der Waals surface area contributed by atoms with Crippen molar-refractivity contribution < 1.29 is 14.2 Å². The zero-order valence-electron chi connectivity index (χ0n) is 11.8. The highest BCUT2D eigenvalue weighted by Crippen LogP contribution is 2.38. The molecule has 1 heterocycles. The van der Waals surface area contributed by atoms with Gasteiger partial charge in [0.15, 0.2) is 11.5 Å². The van der Waals surface area contributed by atoms with Crippen molar-refractivity contribution in [3.63, 3.8) is 0 Å². The summed E-state index contributed by atoms with van der Waals surface area (Å²) in [5.41, 5.74) is 1.07. The monoisotopic (exact) mass is 276 g/mol. The maximum Gasteiger partial charge on any atom is 0.231 e. The van der Waals surface area contributed by atoms with Crippen LogP contribution in [0.3, 0.4) is 0 Å². The second kappa shape index (κ2) is 7.61. The van der Waals surface area contributed by atoms with E-state index < -0.39 is 0 Å². The third-order valence-electron chi connectivity index (χ3n) is 3.06. The number of unbranched alkanes of at least 4 members (excludes halogenated alkanes) is 2. The van der Waals surface area contributed by atoms with Crippen LogP contribution in [-0.4, -0.2) is 19.9 Å². The number of nitriles is 1. The Kier molecular flexibility index (Phi) is 5.51. The van der Waals surface area contributed by atoms with E-state index in [9.17, 15) is 0 Å². The molecule has 0 saturated carbocycles. The summed E-state index contributed by atoms with van der Waals surface area (Å²) in [6, 6.07) is 5.99. The standard InChI is InChI=1S/C15H20N2O3/c1-2-17-10-12-8-14-15(20-11-19-14)9-13(12)18-7-5-3-4-6-16/h8-9,17H,2-5,7,10-11H2,1H3. The van der Waals surface area contributed by atoms with Crippen LogP contribution in [0.5, 0.6) is 17.2 Å². The number of nitrogens with one attached hydrogen (secondary N) is 1. The summed E-state index contributed by atoms with van der Waals surface area (Å²) in [6.45, 7) is 4.58. The minimum absolute atomic E-state index is 0.265. The largest absolute Gasteiger partial charge is 0.493 e. The summed E-state index contributed by atoms with van der Waals surface area (Å²) < 4.78 is 16.6. The van der Waals surface area contributed by atoms with Crippen LogP contribution in [0.15, 0.2) is 12.1 Å². The van der Waals surface area contributed by atoms with Gasteiger partial charge in [0.1, 0.15) is 5.75 Å². The molecule has 0 saturated heterocycles. The Labute approximate surface area is 119 Å². The molecule has 1 aliphatic heterocycles. The maximum absolute atomic E-state index is 8.50. The molecule has 5 heteroatoms. The van der Waals surface area contributed by atoms with Gasteiger partial charge in [-0.25, -0.2) is 0 Å². The fraction of sp³-hybridized carbons (Fsp3) is 0.533. The van der Waals surface area contributed by atoms with E-state index in [1.165, 1.54) is 0 Å². The summed E-state index contributed by atoms with van der Waals surface area (Å²) in [5.74, 6) is 2.33. The number of hydrogen-bond acceptors (Lipinski definition) is 5. The normalized spacial score (nSPS) is 12.2. The molecule has 0 amide bonds. The maximum atomic E-state index is 8.50. The quantitative estimate of drug-likeness (QED) is 0.739. The van der Waals surface area contributed by atoms with Crippen LogP contribution in [0.1, 0.15) is 31.7 Å². The molecule has 0 aliphatic carbocycles. The van der Waals surface area contributed by atoms with Crippen LogP contribution in [0, 0.1) is 11.3 Å². The Morgan fingerprint density at radius 1 is 1.30 bits per heavy atom. The van der Waals surface area contributed by atoms with Crippen LogP contribution in [0.4, 0.5) is 0 Å². The summed E-state index contributed by atoms with van der Waals surface area (Å²) in [4.78, 5) is 0. The second-order valence-corrected chi connectivity index (χ2v) is 4.56. The van der Waals surface area contributed by atoms with Gasteiger partial charge in [-0.2, -0.15) is 5.26 Å². The number of hydrogen-bond donors (Lipinski definition) is 1. The third-order valence-corrected chi connectivity index (χ3v) is 3.06. The molecule has 1 aromatic carbocycles. The first-order valence-electron chi connectivity index (χ1n) is 6.98. The molecule has 0 bridgehead atoms. The molecule has 0 fully saturated rings. The Hall–Kier alpha value is -1.93. The van der Waals surface area contributed by atoms with Crippen molar-refractivity contribution >= 4 is 0 Å². The van der Waals surface area contributed by atoms with Crippen molar-refractivity contribution in [2.75, 3.05) is 19.9 Å². The first-order chi connectivity index (χ1) is 9.85. The molecule has 0 unspecified atom stereocenters. The highest BCUT2D eigenvalue weighted by Gasteiger charge is 2.17. The lowest BCUT2D eigenvalue weighted by Crippen LogP contribution is -2.13. The van der Waals surface area contributed by atoms with Gasteiger partial charge in [-0.15, -0.1) is 0 Å². The van der Waals surface area contributed by atoms with E-state index in [4.69, 9.17) is 19.5 Å². The van der Waals surface area contributed by atoms with Crippen molar-refractivity contribution in [2.24, 2.45) is 0 Å². The summed E-state index contributed by atoms with van der Waals surface area (Å²) in [6.07, 6.45) is 2.32. The highest BCUT2D eigenvalue weighted by molar-refractivity contribution is 5.51. The van der Waals surface area contributed by atoms with E-state index in [-0.39, 0.29) is 6.79 Å². The van der Waals surface area contributed by atoms with E-state index >= 15 is 0 Å². The lowest BCUT2D eigenvalue weighted by atomic mass is 10.1. The van der Waals surface area contributed by atoms with Crippen molar-refractivity contribution in [3.05, 3.63) is 17.7 Å². The Balaban J connectivity index is 1.99. The van der Waals surface area contributed by atoms with E-state index in [0.29, 0.717) is 13.0 Å². The summed E-state index contributed by atoms with van der Waals surface area (Å²) in [5, 5.41) is 11.8. The van der Waals surface area contributed by atoms with Crippen LogP contribution >= 0.6 is 0 Å². The minimum Gasteiger partial charge on any atom is -0.493 e. The minimum atomic E-state index is 0.265. The molecule has 1 aliphatic rings. The lowest BCUT2D eigenvalue weighted by Gasteiger charge is -2.12. The predicted octanol–water partition coefficient (Wildman–Crippen LogP) is 2.60. The van der Waals surface area contributed by atoms with E-state index in [1.807, 2.05) is 12.1 Å². The molecule has 5 nitrogen and oxygen atoms in total. The molecule has 20 heavy (non-hydrogen) atoms. The van der Waals surface area contributed by atoms with Crippen molar-refractivity contribution in [3.8, 4) is 23.3 Å². The smallest absolute Gasteiger partial charge is 0.231 e. The van der Waals surface area contributed by atoms with Gasteiger partial charge in [-0.3, -0.25) is 0 Å². The van der Waals surface area contributed by atoms with Gasteiger partial charge in [0.25, 0.3) is 0 Å². The summed E-state index contributed by atoms with van der Waals surface area (Å²) >= 11 is 0. The Bertz CT molecular complexity index is 483. The predicted molar refractivity (Wildman–Crippen MR) is 74.9 cm³/mol. The van der Waals surface area contributed by atoms with Crippen LogP contribution in [-0.2, 0) is 6.54 Å². The van der Waals surface area contributed by atoms with Crippen molar-refractivity contribution in [1.82, 2.24) is 5.32 Å². The van der Waals surface area contributed by atoms with Crippen molar-refractivity contribution in [2.45, 2.75) is 32.7 Å². The zero-order chi connectivity index (χ0) is 14.2. The number of rotatable bonds is 8. The number of benzene rings is 1. The van der Waals surface area contributed by atoms with Gasteiger partial charge >= 0.3 is 0 Å². The molecule has 1 aromatic rings. The number of fused-ring (bicyclic) bond motifs is 1. The molecule has 2 rings (SSSR count). The average molecular weight is 276 g/mol. The Morgan fingerprint density at radius 3 is 2.85 bits per heavy atom. The van der Waals surface area contributed by atoms with Gasteiger partial charge in [-0.1, -0.05) is 6.92 Å². The van der Waals surface area contributed by atoms with Crippen LogP contribution in [0.25, 0.3) is 0 Å². The fourth-order valence-corrected chi connectivity index (χ4v) is 1.99. The SMILES string of the molecule is CCNCc1cc2c(cc1OCCCCC#N)OCO2. The van der Waals surface area contributed by atoms with E-state index in [2.05, 4.69) is 18.3 Å². The first kappa shape index (κ1) is 14.5. The molecule has 0 radical (unpaired) electrons. The molecule has 108 valence electrons. The molecule has 0 spiro atoms. The summed E-state index contributed by atoms with van der Waals surface area (Å²) in [7, 11) is 0. The topological polar surface area (TPSA) is 63.5 Å². The number of ether oxygens (including phenoxy) is 3. The van der Waals surface area contributed by atoms with Crippen LogP contribution < -0.4 is 19.5 Å². The lowest BCUT2D eigenvalue weighted by molar-refractivity contribution is 0.173. The van der Waals surface area contributed by atoms with Gasteiger partial charge in [0, 0.05) is 24.6 Å². The third kappa shape index (κ3) is 3.78. The first-order valence-corrected chi connectivity index (χ1v) is 6.98. The van der Waals surface area contributed by atoms with Gasteiger partial charge in [-0.05, 0) is 25.5 Å². The molecule has 0 atom stereocenters. The van der Waals surface area contributed by atoms with Gasteiger partial charge in [0.2, 0.25) is 6.79 Å². The highest BCUT2D eigenvalue weighted by atomic mass is 16.7. The Morgan fingerprint density at radius 2 is 2.10 bits per heavy atom. The van der Waals surface area contributed by atoms with Gasteiger partial charge < -0.3 is 19.5 Å². The van der Waals surface area contributed by atoms with Crippen LogP contribution in [0.2, 0.25) is 0 Å². The molecular formula is C15H20N2O3.